The number of hydrogen-bond donors (Lipinski definition) is 2. The summed E-state index contributed by atoms with van der Waals surface area (Å²) in [6.45, 7) is 6.18. The smallest absolute Gasteiger partial charge is 0.409 e. The van der Waals surface area contributed by atoms with E-state index in [1.54, 1.807) is 33.4 Å². The van der Waals surface area contributed by atoms with Crippen LogP contribution in [0.2, 0.25) is 0 Å². The van der Waals surface area contributed by atoms with Crippen molar-refractivity contribution in [2.45, 2.75) is 25.3 Å². The predicted octanol–water partition coefficient (Wildman–Crippen LogP) is 6.37. The Balaban J connectivity index is 1.15. The molecule has 0 radical (unpaired) electrons. The first-order valence-electron chi connectivity index (χ1n) is 16.4. The van der Waals surface area contributed by atoms with Crippen LogP contribution in [0.4, 0.5) is 14.4 Å². The van der Waals surface area contributed by atoms with Crippen molar-refractivity contribution in [2.24, 2.45) is 0 Å². The Hall–Kier alpha value is -3.87. The highest BCUT2D eigenvalue weighted by Gasteiger charge is 2.43. The zero-order valence-corrected chi connectivity index (χ0v) is 29.1. The molecule has 0 aliphatic carbocycles. The van der Waals surface area contributed by atoms with Crippen molar-refractivity contribution in [1.82, 2.24) is 20.4 Å². The lowest BCUT2D eigenvalue weighted by atomic mass is 9.75. The van der Waals surface area contributed by atoms with Crippen LogP contribution in [0.1, 0.15) is 36.5 Å². The maximum Gasteiger partial charge on any atom is 0.409 e. The molecule has 12 heteroatoms. The quantitative estimate of drug-likeness (QED) is 0.0722. The fourth-order valence-corrected chi connectivity index (χ4v) is 7.37. The van der Waals surface area contributed by atoms with Crippen LogP contribution in [-0.4, -0.2) is 98.7 Å². The van der Waals surface area contributed by atoms with E-state index in [1.807, 2.05) is 18.2 Å². The van der Waals surface area contributed by atoms with E-state index in [0.717, 1.165) is 12.8 Å². The number of benzene rings is 3. The summed E-state index contributed by atoms with van der Waals surface area (Å²) in [6.07, 6.45) is 0.268. The van der Waals surface area contributed by atoms with Gasteiger partial charge in [0.2, 0.25) is 0 Å². The van der Waals surface area contributed by atoms with E-state index in [-0.39, 0.29) is 12.7 Å². The molecule has 3 aromatic carbocycles. The van der Waals surface area contributed by atoms with Crippen molar-refractivity contribution in [3.05, 3.63) is 108 Å². The van der Waals surface area contributed by atoms with Gasteiger partial charge < -0.3 is 29.7 Å². The van der Waals surface area contributed by atoms with Gasteiger partial charge in [-0.15, -0.1) is 0 Å². The van der Waals surface area contributed by atoms with Gasteiger partial charge in [0.05, 0.1) is 12.1 Å². The summed E-state index contributed by atoms with van der Waals surface area (Å²) >= 11 is 0. The van der Waals surface area contributed by atoms with Gasteiger partial charge >= 0.3 is 18.3 Å². The second-order valence-corrected chi connectivity index (χ2v) is 13.7. The molecule has 0 spiro atoms. The molecule has 1 aliphatic rings. The molecule has 0 bridgehead atoms. The number of nitrogens with one attached hydrogen (secondary N) is 2. The fourth-order valence-electron chi connectivity index (χ4n) is 5.71. The van der Waals surface area contributed by atoms with E-state index in [1.165, 1.54) is 16.7 Å². The van der Waals surface area contributed by atoms with Crippen LogP contribution in [0, 0.1) is 0 Å². The molecule has 1 aliphatic heterocycles. The Morgan fingerprint density at radius 3 is 1.54 bits per heavy atom. The van der Waals surface area contributed by atoms with Gasteiger partial charge in [-0.1, -0.05) is 113 Å². The molecule has 0 aromatic heterocycles. The van der Waals surface area contributed by atoms with Crippen LogP contribution in [0.15, 0.2) is 91.0 Å². The second-order valence-electron chi connectivity index (χ2n) is 11.0. The van der Waals surface area contributed by atoms with Gasteiger partial charge in [0.25, 0.3) is 0 Å². The molecule has 0 atom stereocenters. The van der Waals surface area contributed by atoms with Gasteiger partial charge in [-0.05, 0) is 36.5 Å². The third-order valence-corrected chi connectivity index (χ3v) is 10.2. The number of rotatable bonds is 17. The van der Waals surface area contributed by atoms with Crippen molar-refractivity contribution in [2.75, 3.05) is 70.6 Å². The number of amides is 3. The normalized spacial score (nSPS) is 13.4. The van der Waals surface area contributed by atoms with E-state index in [4.69, 9.17) is 14.2 Å². The number of ether oxygens (including phenoxy) is 3. The molecule has 10 nitrogen and oxygen atoms in total. The molecule has 3 amide bonds. The minimum absolute atomic E-state index is 0.286. The van der Waals surface area contributed by atoms with Gasteiger partial charge in [0, 0.05) is 50.8 Å². The molecule has 1 saturated heterocycles. The van der Waals surface area contributed by atoms with Gasteiger partial charge in [-0.25, -0.2) is 14.4 Å². The average molecular weight is 695 g/mol. The first-order chi connectivity index (χ1) is 23.6. The zero-order valence-electron chi connectivity index (χ0n) is 27.5. The van der Waals surface area contributed by atoms with Crippen molar-refractivity contribution >= 4 is 39.9 Å². The van der Waals surface area contributed by atoms with E-state index < -0.39 is 17.7 Å². The largest absolute Gasteiger partial charge is 0.450 e. The van der Waals surface area contributed by atoms with Crippen LogP contribution in [-0.2, 0) is 19.7 Å². The summed E-state index contributed by atoms with van der Waals surface area (Å²) in [4.78, 5) is 40.3. The van der Waals surface area contributed by atoms with E-state index >= 15 is 0 Å². The number of hydrogen-bond acceptors (Lipinski definition) is 9. The van der Waals surface area contributed by atoms with Crippen molar-refractivity contribution in [3.8, 4) is 0 Å². The van der Waals surface area contributed by atoms with Crippen molar-refractivity contribution in [3.63, 3.8) is 0 Å². The second kappa shape index (κ2) is 20.5. The Kier molecular flexibility index (Phi) is 15.8. The highest BCUT2D eigenvalue weighted by Crippen LogP contribution is 2.42. The van der Waals surface area contributed by atoms with E-state index in [2.05, 4.69) is 88.3 Å². The van der Waals surface area contributed by atoms with Crippen LogP contribution in [0.25, 0.3) is 0 Å². The summed E-state index contributed by atoms with van der Waals surface area (Å²) < 4.78 is 15.6. The van der Waals surface area contributed by atoms with Crippen molar-refractivity contribution < 1.29 is 28.6 Å². The number of carbonyl (C=O) groups is 3. The van der Waals surface area contributed by atoms with Crippen molar-refractivity contribution in [1.29, 1.82) is 0 Å². The average Bonchev–Trinajstić information content (AvgIpc) is 3.13. The van der Waals surface area contributed by atoms with Crippen LogP contribution in [0.5, 0.6) is 0 Å². The molecular formula is C36H46N4O6S2. The number of unbranched alkanes of at least 4 members (excludes halogenated alkanes) is 1. The van der Waals surface area contributed by atoms with Gasteiger partial charge in [0.15, 0.2) is 0 Å². The number of nitrogens with zero attached hydrogens (tertiary/aromatic N) is 2. The molecular weight excluding hydrogens is 649 g/mol. The van der Waals surface area contributed by atoms with Crippen LogP contribution >= 0.6 is 21.6 Å². The fraction of sp³-hybridized carbons (Fsp3) is 0.417. The predicted molar refractivity (Wildman–Crippen MR) is 192 cm³/mol. The number of alkyl carbamates (subject to hydrolysis) is 2. The van der Waals surface area contributed by atoms with E-state index in [0.29, 0.717) is 64.0 Å². The minimum atomic E-state index is -0.498. The summed E-state index contributed by atoms with van der Waals surface area (Å²) in [5.74, 6) is 1.27. The Morgan fingerprint density at radius 1 is 0.646 bits per heavy atom. The topological polar surface area (TPSA) is 109 Å². The third kappa shape index (κ3) is 10.8. The van der Waals surface area contributed by atoms with Crippen LogP contribution in [0.3, 0.4) is 0 Å². The van der Waals surface area contributed by atoms with E-state index in [9.17, 15) is 14.4 Å². The van der Waals surface area contributed by atoms with Crippen LogP contribution < -0.4 is 10.6 Å². The van der Waals surface area contributed by atoms with Gasteiger partial charge in [-0.2, -0.15) is 0 Å². The lowest BCUT2D eigenvalue weighted by molar-refractivity contribution is 0.0545. The van der Waals surface area contributed by atoms with Gasteiger partial charge in [0.1, 0.15) is 13.2 Å². The highest BCUT2D eigenvalue weighted by atomic mass is 33.1. The molecule has 4 rings (SSSR count). The Bertz CT molecular complexity index is 1280. The lowest BCUT2D eigenvalue weighted by Gasteiger charge is -2.48. The molecule has 1 fully saturated rings. The maximum atomic E-state index is 13.0. The summed E-state index contributed by atoms with van der Waals surface area (Å²) in [7, 11) is 3.15. The standard InChI is InChI=1S/C36H46N4O6S2/c1-2-44-33(41)37-20-12-13-21-38-34(42)45-26-28-47-48-29-27-46-35(43)39-22-24-40(25-23-39)36(30-14-6-3-7-15-30,31-16-8-4-9-17-31)32-18-10-5-11-19-32/h3-11,14-19H,2,12-13,20-29H2,1H3,(H,37,41)(H,38,42). The first-order valence-corrected chi connectivity index (χ1v) is 18.9. The molecule has 2 N–H and O–H groups in total. The van der Waals surface area contributed by atoms with Gasteiger partial charge in [-0.3, -0.25) is 4.90 Å². The molecule has 3 aromatic rings. The third-order valence-electron chi connectivity index (χ3n) is 7.88. The Morgan fingerprint density at radius 2 is 1.08 bits per heavy atom. The molecule has 0 unspecified atom stereocenters. The zero-order chi connectivity index (χ0) is 33.9. The molecule has 1 heterocycles. The number of piperazine rings is 1. The maximum absolute atomic E-state index is 13.0. The number of carbonyl (C=O) groups excluding carboxylic acids is 3. The SMILES string of the molecule is CCOC(=O)NCCCCNC(=O)OCCSSCCOC(=O)N1CCN(C(c2ccccc2)(c2ccccc2)c2ccccc2)CC1. The summed E-state index contributed by atoms with van der Waals surface area (Å²) in [6, 6.07) is 31.8. The molecule has 0 saturated carbocycles. The molecule has 258 valence electrons. The minimum Gasteiger partial charge on any atom is -0.450 e. The summed E-state index contributed by atoms with van der Waals surface area (Å²) in [5.41, 5.74) is 3.07. The Labute approximate surface area is 291 Å². The summed E-state index contributed by atoms with van der Waals surface area (Å²) in [5, 5.41) is 5.34. The highest BCUT2D eigenvalue weighted by molar-refractivity contribution is 8.76. The first kappa shape index (κ1) is 37.0. The monoisotopic (exact) mass is 694 g/mol. The molecule has 48 heavy (non-hydrogen) atoms. The lowest BCUT2D eigenvalue weighted by Crippen LogP contribution is -2.57.